The number of pyridine rings is 1. The molecule has 174 valence electrons. The number of hydrogen-bond donors (Lipinski definition) is 2. The van der Waals surface area contributed by atoms with Crippen LogP contribution in [0.25, 0.3) is 11.1 Å². The van der Waals surface area contributed by atoms with Crippen LogP contribution in [0.5, 0.6) is 0 Å². The molecule has 0 atom stereocenters. The van der Waals surface area contributed by atoms with Crippen LogP contribution in [-0.2, 0) is 20.1 Å². The second-order valence-electron chi connectivity index (χ2n) is 7.98. The molecule has 4 aromatic rings. The number of aryl methyl sites for hydroxylation is 2. The molecule has 0 spiro atoms. The minimum atomic E-state index is -0.560. The van der Waals surface area contributed by atoms with Crippen LogP contribution in [0.1, 0.15) is 27.2 Å². The van der Waals surface area contributed by atoms with Crippen LogP contribution < -0.4 is 10.9 Å². The van der Waals surface area contributed by atoms with Crippen molar-refractivity contribution >= 4 is 29.1 Å². The van der Waals surface area contributed by atoms with Crippen LogP contribution in [0.15, 0.2) is 60.9 Å². The zero-order valence-corrected chi connectivity index (χ0v) is 20.1. The standard InChI is InChI=1S/C25H22Cl2FN5O/c1-15-20(4-6-23(28)31-15)18-9-17(14-33-8-7-32(2)25(33)29)10-19(12-18)24(34)30-13-16-3-5-21(26)22(27)11-16/h3-12,29H,13-14H2,1-2H3,(H,30,34). The van der Waals surface area contributed by atoms with Crippen molar-refractivity contribution < 1.29 is 9.18 Å². The first-order valence-corrected chi connectivity index (χ1v) is 11.2. The highest BCUT2D eigenvalue weighted by Crippen LogP contribution is 2.26. The van der Waals surface area contributed by atoms with E-state index in [2.05, 4.69) is 10.3 Å². The summed E-state index contributed by atoms with van der Waals surface area (Å²) in [6.45, 7) is 2.40. The van der Waals surface area contributed by atoms with Crippen molar-refractivity contribution in [1.29, 1.82) is 5.41 Å². The van der Waals surface area contributed by atoms with E-state index >= 15 is 0 Å². The second-order valence-corrected chi connectivity index (χ2v) is 8.79. The van der Waals surface area contributed by atoms with E-state index in [1.165, 1.54) is 6.07 Å². The minimum absolute atomic E-state index is 0.272. The fourth-order valence-corrected chi connectivity index (χ4v) is 4.01. The summed E-state index contributed by atoms with van der Waals surface area (Å²) in [6.07, 6.45) is 3.61. The van der Waals surface area contributed by atoms with Crippen molar-refractivity contribution in [1.82, 2.24) is 19.4 Å². The average Bonchev–Trinajstić information content (AvgIpc) is 3.11. The molecule has 0 saturated carbocycles. The number of imidazole rings is 1. The third-order valence-corrected chi connectivity index (χ3v) is 6.22. The van der Waals surface area contributed by atoms with E-state index < -0.39 is 5.95 Å². The zero-order chi connectivity index (χ0) is 24.4. The van der Waals surface area contributed by atoms with Crippen molar-refractivity contribution in [2.75, 3.05) is 0 Å². The number of nitrogens with zero attached hydrogens (tertiary/aromatic N) is 3. The van der Waals surface area contributed by atoms with E-state index in [1.54, 1.807) is 65.7 Å². The average molecular weight is 498 g/mol. The number of amides is 1. The molecule has 0 aliphatic carbocycles. The molecule has 2 N–H and O–H groups in total. The van der Waals surface area contributed by atoms with Crippen LogP contribution in [0.2, 0.25) is 10.0 Å². The molecule has 0 aliphatic heterocycles. The van der Waals surface area contributed by atoms with E-state index in [4.69, 9.17) is 28.6 Å². The van der Waals surface area contributed by atoms with E-state index in [0.717, 1.165) is 22.3 Å². The Hall–Kier alpha value is -3.42. The van der Waals surface area contributed by atoms with Crippen LogP contribution in [0.3, 0.4) is 0 Å². The molecule has 6 nitrogen and oxygen atoms in total. The van der Waals surface area contributed by atoms with E-state index in [0.29, 0.717) is 33.5 Å². The number of carbonyl (C=O) groups excluding carboxylic acids is 1. The quantitative estimate of drug-likeness (QED) is 0.363. The molecule has 9 heteroatoms. The van der Waals surface area contributed by atoms with Gasteiger partial charge in [0.15, 0.2) is 0 Å². The molecular weight excluding hydrogens is 476 g/mol. The summed E-state index contributed by atoms with van der Waals surface area (Å²) in [5.41, 5.74) is 4.40. The highest BCUT2D eigenvalue weighted by Gasteiger charge is 2.13. The van der Waals surface area contributed by atoms with E-state index in [-0.39, 0.29) is 12.5 Å². The minimum Gasteiger partial charge on any atom is -0.348 e. The Morgan fingerprint density at radius 1 is 1.06 bits per heavy atom. The summed E-state index contributed by atoms with van der Waals surface area (Å²) in [5.74, 6) is -0.832. The van der Waals surface area contributed by atoms with Gasteiger partial charge in [0.2, 0.25) is 11.6 Å². The second kappa shape index (κ2) is 9.83. The first kappa shape index (κ1) is 23.7. The number of aromatic nitrogens is 3. The van der Waals surface area contributed by atoms with Gasteiger partial charge >= 0.3 is 0 Å². The van der Waals surface area contributed by atoms with Crippen LogP contribution in [-0.4, -0.2) is 20.0 Å². The number of benzene rings is 2. The van der Waals surface area contributed by atoms with Crippen LogP contribution >= 0.6 is 23.2 Å². The summed E-state index contributed by atoms with van der Waals surface area (Å²) < 4.78 is 17.0. The lowest BCUT2D eigenvalue weighted by Gasteiger charge is -2.13. The summed E-state index contributed by atoms with van der Waals surface area (Å²) >= 11 is 12.0. The lowest BCUT2D eigenvalue weighted by atomic mass is 9.98. The van der Waals surface area contributed by atoms with Gasteiger partial charge in [0.05, 0.1) is 16.6 Å². The van der Waals surface area contributed by atoms with Crippen LogP contribution in [0.4, 0.5) is 4.39 Å². The number of hydrogen-bond acceptors (Lipinski definition) is 3. The third-order valence-electron chi connectivity index (χ3n) is 5.48. The predicted octanol–water partition coefficient (Wildman–Crippen LogP) is 5.10. The van der Waals surface area contributed by atoms with Gasteiger partial charge in [-0.2, -0.15) is 4.39 Å². The molecule has 0 bridgehead atoms. The highest BCUT2D eigenvalue weighted by atomic mass is 35.5. The lowest BCUT2D eigenvalue weighted by molar-refractivity contribution is 0.0951. The molecule has 0 unspecified atom stereocenters. The van der Waals surface area contributed by atoms with Crippen molar-refractivity contribution in [3.05, 3.63) is 105 Å². The Bertz CT molecular complexity index is 1440. The predicted molar refractivity (Wildman–Crippen MR) is 130 cm³/mol. The van der Waals surface area contributed by atoms with Gasteiger partial charge in [0.1, 0.15) is 0 Å². The Balaban J connectivity index is 1.68. The molecule has 4 rings (SSSR count). The van der Waals surface area contributed by atoms with Gasteiger partial charge in [-0.1, -0.05) is 29.3 Å². The Morgan fingerprint density at radius 3 is 2.53 bits per heavy atom. The normalized spacial score (nSPS) is 11.0. The van der Waals surface area contributed by atoms with Gasteiger partial charge in [0.25, 0.3) is 5.91 Å². The molecule has 0 aliphatic rings. The molecule has 2 heterocycles. The maximum Gasteiger partial charge on any atom is 0.251 e. The van der Waals surface area contributed by atoms with Gasteiger partial charge in [-0.25, -0.2) is 4.98 Å². The molecule has 2 aromatic heterocycles. The molecular formula is C25H22Cl2FN5O. The molecule has 34 heavy (non-hydrogen) atoms. The molecule has 0 radical (unpaired) electrons. The van der Waals surface area contributed by atoms with Crippen molar-refractivity contribution in [2.24, 2.45) is 7.05 Å². The number of carbonyl (C=O) groups is 1. The van der Waals surface area contributed by atoms with Gasteiger partial charge < -0.3 is 14.5 Å². The fraction of sp³-hybridized carbons (Fsp3) is 0.160. The topological polar surface area (TPSA) is 75.7 Å². The molecule has 2 aromatic carbocycles. The molecule has 0 saturated heterocycles. The van der Waals surface area contributed by atoms with Gasteiger partial charge in [-0.3, -0.25) is 10.2 Å². The summed E-state index contributed by atoms with van der Waals surface area (Å²) in [7, 11) is 1.80. The van der Waals surface area contributed by atoms with Crippen molar-refractivity contribution in [2.45, 2.75) is 20.0 Å². The lowest BCUT2D eigenvalue weighted by Crippen LogP contribution is -2.24. The number of rotatable bonds is 6. The highest BCUT2D eigenvalue weighted by molar-refractivity contribution is 6.42. The van der Waals surface area contributed by atoms with Crippen LogP contribution in [0, 0.1) is 18.3 Å². The maximum absolute atomic E-state index is 13.6. The monoisotopic (exact) mass is 497 g/mol. The van der Waals surface area contributed by atoms with E-state index in [9.17, 15) is 9.18 Å². The summed E-state index contributed by atoms with van der Waals surface area (Å²) in [4.78, 5) is 17.0. The Labute approximate surface area is 206 Å². The third kappa shape index (κ3) is 5.21. The maximum atomic E-state index is 13.6. The first-order chi connectivity index (χ1) is 16.2. The summed E-state index contributed by atoms with van der Waals surface area (Å²) in [6, 6.07) is 13.6. The Kier molecular flexibility index (Phi) is 6.86. The van der Waals surface area contributed by atoms with E-state index in [1.807, 2.05) is 12.3 Å². The van der Waals surface area contributed by atoms with Gasteiger partial charge in [-0.15, -0.1) is 0 Å². The van der Waals surface area contributed by atoms with Crippen molar-refractivity contribution in [3.63, 3.8) is 0 Å². The van der Waals surface area contributed by atoms with Gasteiger partial charge in [-0.05, 0) is 66.1 Å². The SMILES string of the molecule is Cc1nc(F)ccc1-c1cc(Cn2ccn(C)c2=N)cc(C(=O)NCc2ccc(Cl)c(Cl)c2)c1. The smallest absolute Gasteiger partial charge is 0.251 e. The van der Waals surface area contributed by atoms with Gasteiger partial charge in [0, 0.05) is 42.8 Å². The summed E-state index contributed by atoms with van der Waals surface area (Å²) in [5, 5.41) is 12.0. The zero-order valence-electron chi connectivity index (χ0n) is 18.6. The number of halogens is 3. The number of nitrogens with one attached hydrogen (secondary N) is 2. The fourth-order valence-electron chi connectivity index (χ4n) is 3.69. The Morgan fingerprint density at radius 2 is 1.85 bits per heavy atom. The molecule has 1 amide bonds. The molecule has 0 fully saturated rings. The van der Waals surface area contributed by atoms with Crippen molar-refractivity contribution in [3.8, 4) is 11.1 Å². The largest absolute Gasteiger partial charge is 0.348 e. The first-order valence-electron chi connectivity index (χ1n) is 10.5.